The van der Waals surface area contributed by atoms with Crippen LogP contribution in [0, 0.1) is 5.41 Å². The number of amidine groups is 1. The fourth-order valence-corrected chi connectivity index (χ4v) is 5.35. The summed E-state index contributed by atoms with van der Waals surface area (Å²) in [5.74, 6) is -2.83. The zero-order valence-electron chi connectivity index (χ0n) is 32.5. The summed E-state index contributed by atoms with van der Waals surface area (Å²) in [6.07, 6.45) is 1.19. The number of amides is 4. The smallest absolute Gasteiger partial charge is 0.243 e. The van der Waals surface area contributed by atoms with Crippen LogP contribution in [0.3, 0.4) is 0 Å². The molecule has 2 rings (SSSR count). The first-order valence-electron chi connectivity index (χ1n) is 18.4. The number of benzene rings is 2. The molecule has 22 nitrogen and oxygen atoms in total. The van der Waals surface area contributed by atoms with Gasteiger partial charge in [-0.15, -0.1) is 0 Å². The number of aliphatic imine (C=N–C) groups is 4. The topological polar surface area (TPSA) is 424 Å². The summed E-state index contributed by atoms with van der Waals surface area (Å²) in [6, 6.07) is 10.5. The molecule has 0 heterocycles. The Labute approximate surface area is 336 Å². The maximum Gasteiger partial charge on any atom is 0.243 e. The molecule has 2 aromatic carbocycles. The molecule has 0 unspecified atom stereocenters. The molecule has 2 aromatic rings. The first-order chi connectivity index (χ1) is 27.5. The highest BCUT2D eigenvalue weighted by Crippen LogP contribution is 2.10. The van der Waals surface area contributed by atoms with E-state index in [-0.39, 0.29) is 94.5 Å². The number of guanidine groups is 4. The van der Waals surface area contributed by atoms with E-state index in [1.165, 1.54) is 0 Å². The molecule has 0 saturated carbocycles. The molecule has 0 spiro atoms. The zero-order chi connectivity index (χ0) is 43.0. The molecule has 58 heavy (non-hydrogen) atoms. The van der Waals surface area contributed by atoms with Gasteiger partial charge in [-0.25, -0.2) is 4.99 Å². The Morgan fingerprint density at radius 1 is 0.517 bits per heavy atom. The van der Waals surface area contributed by atoms with Gasteiger partial charge in [0.05, 0.1) is 13.0 Å². The van der Waals surface area contributed by atoms with Crippen LogP contribution in [0.15, 0.2) is 68.5 Å². The van der Waals surface area contributed by atoms with Crippen molar-refractivity contribution in [2.75, 3.05) is 19.6 Å². The van der Waals surface area contributed by atoms with Crippen LogP contribution in [0.25, 0.3) is 0 Å². The highest BCUT2D eigenvalue weighted by Gasteiger charge is 2.29. The highest BCUT2D eigenvalue weighted by atomic mass is 16.2. The second-order valence-corrected chi connectivity index (χ2v) is 13.2. The molecule has 0 aliphatic carbocycles. The number of nitrogens with two attached hydrogens (primary N) is 9. The summed E-state index contributed by atoms with van der Waals surface area (Å²) in [6.45, 7) is 0.903. The molecule has 4 amide bonds. The molecule has 3 atom stereocenters. The zero-order valence-corrected chi connectivity index (χ0v) is 32.5. The van der Waals surface area contributed by atoms with Gasteiger partial charge in [-0.1, -0.05) is 48.5 Å². The molecule has 0 aliphatic heterocycles. The van der Waals surface area contributed by atoms with Crippen LogP contribution in [0.1, 0.15) is 60.8 Å². The second-order valence-electron chi connectivity index (χ2n) is 13.2. The minimum Gasteiger partial charge on any atom is -0.384 e. The van der Waals surface area contributed by atoms with E-state index in [4.69, 9.17) is 57.0 Å². The van der Waals surface area contributed by atoms with E-state index in [9.17, 15) is 19.2 Å². The number of hydrogen-bond donors (Lipinski definition) is 14. The molecule has 0 aromatic heterocycles. The van der Waals surface area contributed by atoms with E-state index in [0.717, 1.165) is 11.1 Å². The van der Waals surface area contributed by atoms with Crippen LogP contribution in [0.5, 0.6) is 0 Å². The van der Waals surface area contributed by atoms with E-state index in [1.807, 2.05) is 0 Å². The Hall–Kier alpha value is -7.13. The van der Waals surface area contributed by atoms with E-state index in [2.05, 4.69) is 41.2 Å². The largest absolute Gasteiger partial charge is 0.384 e. The molecule has 0 aliphatic rings. The number of carbonyl (C=O) groups excluding carboxylic acids is 4. The number of carbonyl (C=O) groups is 4. The fraction of sp³-hybridized carbons (Fsp3) is 0.417. The lowest BCUT2D eigenvalue weighted by Gasteiger charge is -2.25. The van der Waals surface area contributed by atoms with Gasteiger partial charge < -0.3 is 72.9 Å². The summed E-state index contributed by atoms with van der Waals surface area (Å²) in [4.78, 5) is 70.4. The molecule has 0 bridgehead atoms. The third kappa shape index (κ3) is 19.5. The highest BCUT2D eigenvalue weighted by molar-refractivity contribution is 5.95. The molecular formula is C36H58N18O4. The monoisotopic (exact) mass is 806 g/mol. The number of nitrogen functional groups attached to an aromatic ring is 1. The van der Waals surface area contributed by atoms with Crippen LogP contribution in [-0.2, 0) is 38.7 Å². The lowest BCUT2D eigenvalue weighted by Crippen LogP contribution is -2.56. The molecule has 0 radical (unpaired) electrons. The molecule has 23 N–H and O–H groups in total. The average molecular weight is 807 g/mol. The SMILES string of the molecule is N=C(N)c1ccc(CNC(=O)[C@H](CCCN=C(N)N)NC(=O)[C@H](CCCN=C(N)N)NC(=O)[C@H](CCCN=C(N)N)NC(=O)Cc2ccc(CN=C(N)N)cc2)cc1. The molecule has 0 fully saturated rings. The third-order valence-corrected chi connectivity index (χ3v) is 8.32. The number of rotatable bonds is 25. The quantitative estimate of drug-likeness (QED) is 0.0261. The maximum absolute atomic E-state index is 13.9. The van der Waals surface area contributed by atoms with Crippen molar-refractivity contribution in [3.05, 3.63) is 70.8 Å². The van der Waals surface area contributed by atoms with Gasteiger partial charge in [0.15, 0.2) is 23.8 Å². The molecule has 0 saturated heterocycles. The normalized spacial score (nSPS) is 12.0. The lowest BCUT2D eigenvalue weighted by atomic mass is 10.0. The van der Waals surface area contributed by atoms with Gasteiger partial charge in [0.1, 0.15) is 24.0 Å². The van der Waals surface area contributed by atoms with Gasteiger partial charge in [-0.05, 0) is 55.2 Å². The summed E-state index contributed by atoms with van der Waals surface area (Å²) >= 11 is 0. The van der Waals surface area contributed by atoms with Crippen LogP contribution in [-0.4, -0.2) is 91.1 Å². The Balaban J connectivity index is 2.29. The number of hydrogen-bond acceptors (Lipinski definition) is 9. The molecule has 316 valence electrons. The molecular weight excluding hydrogens is 749 g/mol. The number of nitrogens with one attached hydrogen (secondary N) is 5. The lowest BCUT2D eigenvalue weighted by molar-refractivity contribution is -0.134. The van der Waals surface area contributed by atoms with Gasteiger partial charge >= 0.3 is 0 Å². The van der Waals surface area contributed by atoms with Crippen molar-refractivity contribution < 1.29 is 19.2 Å². The van der Waals surface area contributed by atoms with Gasteiger partial charge in [-0.2, -0.15) is 0 Å². The van der Waals surface area contributed by atoms with E-state index < -0.39 is 41.8 Å². The standard InChI is InChI=1S/C36H58N18O4/c37-29(38)24-13-11-23(12-14-24)19-50-30(56)25(4-1-15-47-33(39)40)53-32(58)27(6-3-17-49-35(43)44)54-31(57)26(5-2-16-48-34(41)42)52-28(55)18-21-7-9-22(10-8-21)20-51-36(45)46/h7-14,25-27H,1-6,15-20H2,(H3,37,38)(H,50,56)(H,52,55)(H,53,58)(H,54,57)(H4,39,40,47)(H4,41,42,48)(H4,43,44,49)(H4,45,46,51)/t25-,26-,27-/m0/s1. The van der Waals surface area contributed by atoms with Gasteiger partial charge in [0, 0.05) is 31.7 Å². The summed E-state index contributed by atoms with van der Waals surface area (Å²) < 4.78 is 0. The predicted octanol–water partition coefficient (Wildman–Crippen LogP) is -3.78. The summed E-state index contributed by atoms with van der Waals surface area (Å²) in [5, 5.41) is 18.7. The van der Waals surface area contributed by atoms with E-state index in [0.29, 0.717) is 24.0 Å². The Bertz CT molecular complexity index is 1780. The minimum absolute atomic E-state index is 0.0451. The third-order valence-electron chi connectivity index (χ3n) is 8.32. The summed E-state index contributed by atoms with van der Waals surface area (Å²) in [7, 11) is 0. The van der Waals surface area contributed by atoms with Gasteiger partial charge in [0.2, 0.25) is 23.6 Å². The van der Waals surface area contributed by atoms with Crippen molar-refractivity contribution in [2.24, 2.45) is 71.6 Å². The van der Waals surface area contributed by atoms with Crippen LogP contribution in [0.2, 0.25) is 0 Å². The van der Waals surface area contributed by atoms with Gasteiger partial charge in [-0.3, -0.25) is 39.6 Å². The van der Waals surface area contributed by atoms with Crippen molar-refractivity contribution in [3.8, 4) is 0 Å². The van der Waals surface area contributed by atoms with Gasteiger partial charge in [0.25, 0.3) is 0 Å². The average Bonchev–Trinajstić information content (AvgIpc) is 3.16. The summed E-state index contributed by atoms with van der Waals surface area (Å²) in [5.41, 5.74) is 51.9. The van der Waals surface area contributed by atoms with Crippen molar-refractivity contribution in [1.29, 1.82) is 5.41 Å². The maximum atomic E-state index is 13.9. The first kappa shape index (κ1) is 47.0. The Morgan fingerprint density at radius 2 is 0.914 bits per heavy atom. The van der Waals surface area contributed by atoms with E-state index in [1.54, 1.807) is 48.5 Å². The van der Waals surface area contributed by atoms with Crippen LogP contribution < -0.4 is 72.9 Å². The minimum atomic E-state index is -1.18. The number of nitrogens with zero attached hydrogens (tertiary/aromatic N) is 4. The van der Waals surface area contributed by atoms with Crippen molar-refractivity contribution in [3.63, 3.8) is 0 Å². The second kappa shape index (κ2) is 25.1. The fourth-order valence-electron chi connectivity index (χ4n) is 5.35. The van der Waals surface area contributed by atoms with Crippen molar-refractivity contribution >= 4 is 53.3 Å². The van der Waals surface area contributed by atoms with Crippen LogP contribution in [0.4, 0.5) is 0 Å². The Morgan fingerprint density at radius 3 is 1.34 bits per heavy atom. The first-order valence-corrected chi connectivity index (χ1v) is 18.4. The Kier molecular flexibility index (Phi) is 20.4. The predicted molar refractivity (Wildman–Crippen MR) is 224 cm³/mol. The van der Waals surface area contributed by atoms with E-state index >= 15 is 0 Å². The molecule has 22 heteroatoms. The van der Waals surface area contributed by atoms with Crippen molar-refractivity contribution in [1.82, 2.24) is 21.3 Å². The van der Waals surface area contributed by atoms with Crippen LogP contribution >= 0.6 is 0 Å². The van der Waals surface area contributed by atoms with Crippen molar-refractivity contribution in [2.45, 2.75) is 76.2 Å².